The minimum Gasteiger partial charge on any atom is -0.444 e. The van der Waals surface area contributed by atoms with Gasteiger partial charge in [0.05, 0.1) is 17.3 Å². The van der Waals surface area contributed by atoms with Crippen LogP contribution in [-0.4, -0.2) is 40.8 Å². The minimum atomic E-state index is -0.491. The molecule has 1 saturated heterocycles. The summed E-state index contributed by atoms with van der Waals surface area (Å²) in [7, 11) is 0. The summed E-state index contributed by atoms with van der Waals surface area (Å²) in [5, 5.41) is 3.97. The summed E-state index contributed by atoms with van der Waals surface area (Å²) in [6.45, 7) is 9.06. The van der Waals surface area contributed by atoms with E-state index in [4.69, 9.17) is 4.74 Å². The number of nitrogens with zero attached hydrogens (tertiary/aromatic N) is 3. The fourth-order valence-corrected chi connectivity index (χ4v) is 3.27. The highest BCUT2D eigenvalue weighted by atomic mass is 79.9. The fraction of sp³-hybridized carbons (Fsp3) is 0.500. The molecule has 1 amide bonds. The third-order valence-electron chi connectivity index (χ3n) is 4.03. The van der Waals surface area contributed by atoms with Crippen LogP contribution in [0.4, 0.5) is 10.7 Å². The Labute approximate surface area is 156 Å². The molecule has 1 N–H and O–H groups in total. The maximum atomic E-state index is 11.9. The first kappa shape index (κ1) is 17.9. The van der Waals surface area contributed by atoms with Gasteiger partial charge in [0.25, 0.3) is 0 Å². The van der Waals surface area contributed by atoms with Crippen LogP contribution < -0.4 is 10.2 Å². The maximum Gasteiger partial charge on any atom is 0.407 e. The average molecular weight is 407 g/mol. The van der Waals surface area contributed by atoms with Crippen molar-refractivity contribution >= 4 is 38.9 Å². The van der Waals surface area contributed by atoms with Crippen molar-refractivity contribution in [3.63, 3.8) is 0 Å². The Balaban J connectivity index is 1.71. The monoisotopic (exact) mass is 406 g/mol. The van der Waals surface area contributed by atoms with Gasteiger partial charge in [0.15, 0.2) is 0 Å². The van der Waals surface area contributed by atoms with Crippen LogP contribution in [0.3, 0.4) is 0 Å². The van der Waals surface area contributed by atoms with E-state index in [1.54, 1.807) is 0 Å². The highest BCUT2D eigenvalue weighted by molar-refractivity contribution is 9.10. The molecule has 2 aromatic rings. The molecule has 1 aromatic carbocycles. The number of amides is 1. The zero-order chi connectivity index (χ0) is 18.2. The minimum absolute atomic E-state index is 0.0411. The Hall–Kier alpha value is -1.89. The lowest BCUT2D eigenvalue weighted by molar-refractivity contribution is 0.0509. The summed E-state index contributed by atoms with van der Waals surface area (Å²) < 4.78 is 6.34. The molecule has 0 bridgehead atoms. The van der Waals surface area contributed by atoms with Crippen molar-refractivity contribution in [3.8, 4) is 0 Å². The molecule has 1 unspecified atom stereocenters. The zero-order valence-electron chi connectivity index (χ0n) is 15.0. The van der Waals surface area contributed by atoms with Gasteiger partial charge in [-0.05, 0) is 52.3 Å². The van der Waals surface area contributed by atoms with E-state index < -0.39 is 5.60 Å². The molecule has 0 spiro atoms. The number of benzene rings is 1. The quantitative estimate of drug-likeness (QED) is 0.820. The van der Waals surface area contributed by atoms with Gasteiger partial charge in [-0.25, -0.2) is 14.8 Å². The number of halogens is 1. The molecule has 0 aliphatic carbocycles. The number of fused-ring (bicyclic) bond motifs is 1. The summed E-state index contributed by atoms with van der Waals surface area (Å²) in [5.41, 5.74) is 1.38. The van der Waals surface area contributed by atoms with Gasteiger partial charge >= 0.3 is 6.09 Å². The number of rotatable bonds is 2. The van der Waals surface area contributed by atoms with Crippen LogP contribution in [0.25, 0.3) is 10.9 Å². The molecular weight excluding hydrogens is 384 g/mol. The highest BCUT2D eigenvalue weighted by Gasteiger charge is 2.27. The van der Waals surface area contributed by atoms with E-state index in [0.29, 0.717) is 12.5 Å². The first-order valence-corrected chi connectivity index (χ1v) is 9.19. The van der Waals surface area contributed by atoms with Crippen molar-refractivity contribution in [2.24, 2.45) is 0 Å². The number of nitrogens with one attached hydrogen (secondary N) is 1. The third-order valence-corrected chi connectivity index (χ3v) is 4.52. The Morgan fingerprint density at radius 3 is 2.84 bits per heavy atom. The van der Waals surface area contributed by atoms with Crippen LogP contribution >= 0.6 is 15.9 Å². The lowest BCUT2D eigenvalue weighted by Gasteiger charge is -2.22. The van der Waals surface area contributed by atoms with Gasteiger partial charge in [0.2, 0.25) is 5.95 Å². The van der Waals surface area contributed by atoms with Gasteiger partial charge in [0, 0.05) is 22.9 Å². The predicted molar refractivity (Wildman–Crippen MR) is 102 cm³/mol. The lowest BCUT2D eigenvalue weighted by atomic mass is 10.2. The molecule has 1 fully saturated rings. The normalized spacial score (nSPS) is 17.8. The number of aromatic nitrogens is 2. The Morgan fingerprint density at radius 1 is 1.36 bits per heavy atom. The van der Waals surface area contributed by atoms with Crippen LogP contribution in [0.2, 0.25) is 0 Å². The van der Waals surface area contributed by atoms with Crippen molar-refractivity contribution in [1.82, 2.24) is 15.3 Å². The zero-order valence-corrected chi connectivity index (χ0v) is 16.6. The van der Waals surface area contributed by atoms with Crippen molar-refractivity contribution in [3.05, 3.63) is 28.4 Å². The Kier molecular flexibility index (Phi) is 4.86. The molecular formula is C18H23BrN4O2. The number of alkyl carbamates (subject to hydrolysis) is 1. The van der Waals surface area contributed by atoms with Gasteiger partial charge in [0.1, 0.15) is 5.60 Å². The van der Waals surface area contributed by atoms with E-state index in [-0.39, 0.29) is 12.1 Å². The van der Waals surface area contributed by atoms with Gasteiger partial charge in [-0.15, -0.1) is 0 Å². The number of aryl methyl sites for hydroxylation is 1. The lowest BCUT2D eigenvalue weighted by Crippen LogP contribution is -2.40. The molecule has 25 heavy (non-hydrogen) atoms. The largest absolute Gasteiger partial charge is 0.444 e. The molecule has 1 aromatic heterocycles. The Morgan fingerprint density at radius 2 is 2.12 bits per heavy atom. The molecule has 3 rings (SSSR count). The second kappa shape index (κ2) is 6.78. The van der Waals surface area contributed by atoms with Gasteiger partial charge in [-0.1, -0.05) is 15.9 Å². The van der Waals surface area contributed by atoms with Crippen molar-refractivity contribution < 1.29 is 9.53 Å². The molecule has 0 radical (unpaired) electrons. The number of ether oxygens (including phenoxy) is 1. The van der Waals surface area contributed by atoms with E-state index in [9.17, 15) is 4.79 Å². The number of carbonyl (C=O) groups is 1. The molecule has 1 aliphatic heterocycles. The smallest absolute Gasteiger partial charge is 0.407 e. The van der Waals surface area contributed by atoms with Crippen molar-refractivity contribution in [1.29, 1.82) is 0 Å². The first-order chi connectivity index (χ1) is 11.7. The first-order valence-electron chi connectivity index (χ1n) is 8.40. The summed E-state index contributed by atoms with van der Waals surface area (Å²) in [5.74, 6) is 0.709. The summed E-state index contributed by atoms with van der Waals surface area (Å²) >= 11 is 3.48. The van der Waals surface area contributed by atoms with E-state index in [0.717, 1.165) is 34.0 Å². The number of anilines is 1. The van der Waals surface area contributed by atoms with Crippen LogP contribution in [0.1, 0.15) is 32.9 Å². The van der Waals surface area contributed by atoms with Crippen molar-refractivity contribution in [2.45, 2.75) is 45.8 Å². The van der Waals surface area contributed by atoms with Crippen LogP contribution in [0, 0.1) is 6.92 Å². The van der Waals surface area contributed by atoms with E-state index in [1.807, 2.05) is 45.9 Å². The van der Waals surface area contributed by atoms with Crippen molar-refractivity contribution in [2.75, 3.05) is 18.0 Å². The van der Waals surface area contributed by atoms with Gasteiger partial charge < -0.3 is 15.0 Å². The second-order valence-electron chi connectivity index (χ2n) is 7.35. The predicted octanol–water partition coefficient (Wildman–Crippen LogP) is 3.80. The van der Waals surface area contributed by atoms with Gasteiger partial charge in [-0.3, -0.25) is 0 Å². The van der Waals surface area contributed by atoms with E-state index >= 15 is 0 Å². The van der Waals surface area contributed by atoms with Gasteiger partial charge in [-0.2, -0.15) is 0 Å². The van der Waals surface area contributed by atoms with E-state index in [1.165, 1.54) is 0 Å². The van der Waals surface area contributed by atoms with Crippen LogP contribution in [0.15, 0.2) is 22.7 Å². The third kappa shape index (κ3) is 4.39. The van der Waals surface area contributed by atoms with Crippen LogP contribution in [0.5, 0.6) is 0 Å². The average Bonchev–Trinajstić information content (AvgIpc) is 2.94. The summed E-state index contributed by atoms with van der Waals surface area (Å²) in [6, 6.07) is 6.05. The number of hydrogen-bond donors (Lipinski definition) is 1. The SMILES string of the molecule is Cc1nc(N2CCC(NC(=O)OC(C)(C)C)C2)nc2ccc(Br)cc12. The molecule has 1 aliphatic rings. The maximum absolute atomic E-state index is 11.9. The highest BCUT2D eigenvalue weighted by Crippen LogP contribution is 2.24. The molecule has 7 heteroatoms. The molecule has 6 nitrogen and oxygen atoms in total. The molecule has 2 heterocycles. The summed E-state index contributed by atoms with van der Waals surface area (Å²) in [4.78, 5) is 23.4. The molecule has 0 saturated carbocycles. The number of carbonyl (C=O) groups excluding carboxylic acids is 1. The second-order valence-corrected chi connectivity index (χ2v) is 8.26. The number of hydrogen-bond acceptors (Lipinski definition) is 5. The summed E-state index contributed by atoms with van der Waals surface area (Å²) in [6.07, 6.45) is 0.472. The molecule has 1 atom stereocenters. The van der Waals surface area contributed by atoms with E-state index in [2.05, 4.69) is 36.1 Å². The topological polar surface area (TPSA) is 67.4 Å². The standard InChI is InChI=1S/C18H23BrN4O2/c1-11-14-9-12(19)5-6-15(14)22-16(20-11)23-8-7-13(10-23)21-17(24)25-18(2,3)4/h5-6,9,13H,7-8,10H2,1-4H3,(H,21,24). The van der Waals surface area contributed by atoms with Crippen LogP contribution in [-0.2, 0) is 4.74 Å². The fourth-order valence-electron chi connectivity index (χ4n) is 2.91. The molecule has 134 valence electrons. The Bertz CT molecular complexity index is 803.